The third-order valence-corrected chi connectivity index (χ3v) is 4.98. The zero-order valence-corrected chi connectivity index (χ0v) is 13.0. The van der Waals surface area contributed by atoms with Gasteiger partial charge in [-0.05, 0) is 43.8 Å². The number of ketones is 1. The molecule has 0 spiro atoms. The Morgan fingerprint density at radius 3 is 2.52 bits per heavy atom. The Morgan fingerprint density at radius 1 is 1.05 bits per heavy atom. The van der Waals surface area contributed by atoms with Crippen molar-refractivity contribution in [3.05, 3.63) is 60.2 Å². The molecule has 1 aliphatic heterocycles. The van der Waals surface area contributed by atoms with Gasteiger partial charge in [0.1, 0.15) is 0 Å². The SMILES string of the molecule is CN1CCC(c2ccccc2Sc2ccccc2)C(=O)C1. The van der Waals surface area contributed by atoms with Crippen molar-refractivity contribution in [2.24, 2.45) is 0 Å². The van der Waals surface area contributed by atoms with Crippen LogP contribution >= 0.6 is 11.8 Å². The van der Waals surface area contributed by atoms with Gasteiger partial charge in [-0.2, -0.15) is 0 Å². The first-order chi connectivity index (χ1) is 10.2. The predicted octanol–water partition coefficient (Wildman–Crippen LogP) is 3.83. The lowest BCUT2D eigenvalue weighted by molar-refractivity contribution is -0.123. The van der Waals surface area contributed by atoms with Gasteiger partial charge >= 0.3 is 0 Å². The number of rotatable bonds is 3. The molecule has 0 amide bonds. The van der Waals surface area contributed by atoms with Crippen LogP contribution in [-0.4, -0.2) is 30.8 Å². The Labute approximate surface area is 130 Å². The average Bonchev–Trinajstić information content (AvgIpc) is 2.49. The molecule has 2 nitrogen and oxygen atoms in total. The van der Waals surface area contributed by atoms with E-state index < -0.39 is 0 Å². The van der Waals surface area contributed by atoms with Crippen LogP contribution in [0.4, 0.5) is 0 Å². The van der Waals surface area contributed by atoms with Crippen molar-refractivity contribution < 1.29 is 4.79 Å². The van der Waals surface area contributed by atoms with E-state index in [-0.39, 0.29) is 5.92 Å². The lowest BCUT2D eigenvalue weighted by Gasteiger charge is -2.29. The molecule has 2 aromatic carbocycles. The summed E-state index contributed by atoms with van der Waals surface area (Å²) in [6, 6.07) is 18.7. The molecular formula is C18H19NOS. The first-order valence-electron chi connectivity index (χ1n) is 7.27. The normalized spacial score (nSPS) is 19.7. The molecule has 0 N–H and O–H groups in total. The van der Waals surface area contributed by atoms with Gasteiger partial charge in [-0.15, -0.1) is 0 Å². The van der Waals surface area contributed by atoms with Gasteiger partial charge in [0.15, 0.2) is 5.78 Å². The molecule has 0 saturated carbocycles. The topological polar surface area (TPSA) is 20.3 Å². The fraction of sp³-hybridized carbons (Fsp3) is 0.278. The molecule has 0 radical (unpaired) electrons. The molecule has 3 rings (SSSR count). The highest BCUT2D eigenvalue weighted by molar-refractivity contribution is 7.99. The van der Waals surface area contributed by atoms with Gasteiger partial charge in [0, 0.05) is 15.7 Å². The number of hydrogen-bond acceptors (Lipinski definition) is 3. The van der Waals surface area contributed by atoms with Crippen LogP contribution < -0.4 is 0 Å². The number of piperidine rings is 1. The van der Waals surface area contributed by atoms with E-state index in [0.717, 1.165) is 13.0 Å². The van der Waals surface area contributed by atoms with Crippen LogP contribution in [0.2, 0.25) is 0 Å². The summed E-state index contributed by atoms with van der Waals surface area (Å²) in [4.78, 5) is 16.9. The van der Waals surface area contributed by atoms with Crippen LogP contribution in [0.15, 0.2) is 64.4 Å². The van der Waals surface area contributed by atoms with E-state index >= 15 is 0 Å². The zero-order chi connectivity index (χ0) is 14.7. The molecule has 2 aromatic rings. The van der Waals surface area contributed by atoms with Crippen molar-refractivity contribution in [3.8, 4) is 0 Å². The summed E-state index contributed by atoms with van der Waals surface area (Å²) in [5.41, 5.74) is 1.18. The second-order valence-corrected chi connectivity index (χ2v) is 6.61. The maximum Gasteiger partial charge on any atom is 0.154 e. The molecule has 0 aliphatic carbocycles. The fourth-order valence-corrected chi connectivity index (χ4v) is 3.79. The van der Waals surface area contributed by atoms with Crippen molar-refractivity contribution in [3.63, 3.8) is 0 Å². The minimum atomic E-state index is 0.0496. The predicted molar refractivity (Wildman–Crippen MR) is 86.9 cm³/mol. The van der Waals surface area contributed by atoms with Gasteiger partial charge in [-0.3, -0.25) is 9.69 Å². The zero-order valence-electron chi connectivity index (χ0n) is 12.2. The van der Waals surface area contributed by atoms with E-state index in [9.17, 15) is 4.79 Å². The molecule has 0 aromatic heterocycles. The monoisotopic (exact) mass is 297 g/mol. The van der Waals surface area contributed by atoms with Crippen molar-refractivity contribution in [2.45, 2.75) is 22.1 Å². The lowest BCUT2D eigenvalue weighted by atomic mass is 9.88. The molecule has 0 bridgehead atoms. The van der Waals surface area contributed by atoms with E-state index in [1.54, 1.807) is 11.8 Å². The molecule has 1 heterocycles. The van der Waals surface area contributed by atoms with Gasteiger partial charge in [0.05, 0.1) is 6.54 Å². The highest BCUT2D eigenvalue weighted by Gasteiger charge is 2.28. The van der Waals surface area contributed by atoms with E-state index in [2.05, 4.69) is 29.2 Å². The van der Waals surface area contributed by atoms with Crippen molar-refractivity contribution >= 4 is 17.5 Å². The average molecular weight is 297 g/mol. The molecule has 1 saturated heterocycles. The number of Topliss-reactive ketones (excluding diaryl/α,β-unsaturated/α-hetero) is 1. The first kappa shape index (κ1) is 14.4. The minimum absolute atomic E-state index is 0.0496. The summed E-state index contributed by atoms with van der Waals surface area (Å²) in [7, 11) is 2.01. The summed E-state index contributed by atoms with van der Waals surface area (Å²) in [5.74, 6) is 0.387. The van der Waals surface area contributed by atoms with Gasteiger partial charge in [-0.1, -0.05) is 48.2 Å². The second kappa shape index (κ2) is 6.46. The highest BCUT2D eigenvalue weighted by Crippen LogP contribution is 2.36. The smallest absolute Gasteiger partial charge is 0.154 e. The number of carbonyl (C=O) groups is 1. The minimum Gasteiger partial charge on any atom is -0.299 e. The Hall–Kier alpha value is -1.58. The molecule has 1 atom stereocenters. The third-order valence-electron chi connectivity index (χ3n) is 3.88. The molecule has 1 unspecified atom stereocenters. The Balaban J connectivity index is 1.87. The molecule has 108 valence electrons. The number of likely N-dealkylation sites (N-methyl/N-ethyl adjacent to an activating group) is 1. The van der Waals surface area contributed by atoms with Crippen molar-refractivity contribution in [1.29, 1.82) is 0 Å². The molecular weight excluding hydrogens is 278 g/mol. The van der Waals surface area contributed by atoms with Crippen LogP contribution in [-0.2, 0) is 4.79 Å². The van der Waals surface area contributed by atoms with Crippen molar-refractivity contribution in [1.82, 2.24) is 4.90 Å². The number of hydrogen-bond donors (Lipinski definition) is 0. The molecule has 1 fully saturated rings. The van der Waals surface area contributed by atoms with E-state index in [0.29, 0.717) is 12.3 Å². The van der Waals surface area contributed by atoms with Crippen LogP contribution in [0, 0.1) is 0 Å². The fourth-order valence-electron chi connectivity index (χ4n) is 2.77. The summed E-state index contributed by atoms with van der Waals surface area (Å²) >= 11 is 1.74. The van der Waals surface area contributed by atoms with Gasteiger partial charge in [-0.25, -0.2) is 0 Å². The van der Waals surface area contributed by atoms with E-state index in [1.165, 1.54) is 15.4 Å². The van der Waals surface area contributed by atoms with Crippen LogP contribution in [0.3, 0.4) is 0 Å². The quantitative estimate of drug-likeness (QED) is 0.859. The third kappa shape index (κ3) is 3.36. The Morgan fingerprint density at radius 2 is 1.76 bits per heavy atom. The van der Waals surface area contributed by atoms with Crippen molar-refractivity contribution in [2.75, 3.05) is 20.1 Å². The van der Waals surface area contributed by atoms with Crippen LogP contribution in [0.25, 0.3) is 0 Å². The van der Waals surface area contributed by atoms with Gasteiger partial charge < -0.3 is 0 Å². The Kier molecular flexibility index (Phi) is 4.42. The van der Waals surface area contributed by atoms with Gasteiger partial charge in [0.2, 0.25) is 0 Å². The maximum absolute atomic E-state index is 12.4. The van der Waals surface area contributed by atoms with E-state index in [1.807, 2.05) is 37.4 Å². The lowest BCUT2D eigenvalue weighted by Crippen LogP contribution is -2.37. The Bertz CT molecular complexity index is 626. The van der Waals surface area contributed by atoms with Gasteiger partial charge in [0.25, 0.3) is 0 Å². The number of carbonyl (C=O) groups excluding carboxylic acids is 1. The number of likely N-dealkylation sites (tertiary alicyclic amines) is 1. The number of nitrogens with zero attached hydrogens (tertiary/aromatic N) is 1. The number of benzene rings is 2. The maximum atomic E-state index is 12.4. The van der Waals surface area contributed by atoms with E-state index in [4.69, 9.17) is 0 Å². The second-order valence-electron chi connectivity index (χ2n) is 5.50. The summed E-state index contributed by atoms with van der Waals surface area (Å²) < 4.78 is 0. The highest BCUT2D eigenvalue weighted by atomic mass is 32.2. The summed E-state index contributed by atoms with van der Waals surface area (Å²) in [5, 5.41) is 0. The van der Waals surface area contributed by atoms with Crippen LogP contribution in [0.5, 0.6) is 0 Å². The molecule has 21 heavy (non-hydrogen) atoms. The van der Waals surface area contributed by atoms with Crippen LogP contribution in [0.1, 0.15) is 17.9 Å². The largest absolute Gasteiger partial charge is 0.299 e. The first-order valence-corrected chi connectivity index (χ1v) is 8.09. The molecule has 3 heteroatoms. The molecule has 1 aliphatic rings. The summed E-state index contributed by atoms with van der Waals surface area (Å²) in [6.45, 7) is 1.55. The summed E-state index contributed by atoms with van der Waals surface area (Å²) in [6.07, 6.45) is 0.918. The standard InChI is InChI=1S/C18H19NOS/c1-19-12-11-15(17(20)13-19)16-9-5-6-10-18(16)21-14-7-3-2-4-8-14/h2-10,15H,11-13H2,1H3.